The minimum atomic E-state index is -0.0243. The van der Waals surface area contributed by atoms with Crippen molar-refractivity contribution in [1.82, 2.24) is 14.9 Å². The van der Waals surface area contributed by atoms with Gasteiger partial charge in [-0.15, -0.1) is 0 Å². The first-order valence-corrected chi connectivity index (χ1v) is 8.23. The summed E-state index contributed by atoms with van der Waals surface area (Å²) in [6, 6.07) is 13.9. The third-order valence-corrected chi connectivity index (χ3v) is 4.38. The summed E-state index contributed by atoms with van der Waals surface area (Å²) in [5.74, 6) is 1.16. The van der Waals surface area contributed by atoms with E-state index in [1.54, 1.807) is 13.3 Å². The Balaban J connectivity index is 1.93. The summed E-state index contributed by atoms with van der Waals surface area (Å²) in [6.45, 7) is 0.577. The van der Waals surface area contributed by atoms with Crippen LogP contribution in [0.15, 0.2) is 64.5 Å². The molecule has 2 heterocycles. The van der Waals surface area contributed by atoms with Gasteiger partial charge in [-0.1, -0.05) is 42.1 Å². The van der Waals surface area contributed by atoms with Crippen molar-refractivity contribution in [2.75, 3.05) is 12.8 Å². The van der Waals surface area contributed by atoms with E-state index in [0.717, 1.165) is 22.2 Å². The van der Waals surface area contributed by atoms with E-state index in [1.165, 1.54) is 11.8 Å². The van der Waals surface area contributed by atoms with Crippen molar-refractivity contribution >= 4 is 17.7 Å². The molecule has 0 fully saturated rings. The molecule has 23 heavy (non-hydrogen) atoms. The minimum absolute atomic E-state index is 0.0243. The van der Waals surface area contributed by atoms with Crippen molar-refractivity contribution in [3.05, 3.63) is 60.7 Å². The fraction of sp³-hybridized carbons (Fsp3) is 0.176. The third-order valence-electron chi connectivity index (χ3n) is 3.39. The molecule has 0 spiro atoms. The largest absolute Gasteiger partial charge is 0.467 e. The number of amides is 1. The summed E-state index contributed by atoms with van der Waals surface area (Å²) in [7, 11) is 1.63. The fourth-order valence-corrected chi connectivity index (χ4v) is 3.08. The van der Waals surface area contributed by atoms with Gasteiger partial charge < -0.3 is 14.3 Å². The Hall–Kier alpha value is -2.47. The van der Waals surface area contributed by atoms with Crippen LogP contribution in [0.2, 0.25) is 0 Å². The number of furan rings is 1. The van der Waals surface area contributed by atoms with Crippen molar-refractivity contribution in [3.63, 3.8) is 0 Å². The smallest absolute Gasteiger partial charge is 0.230 e. The number of nitrogens with one attached hydrogen (secondary N) is 1. The Morgan fingerprint density at radius 2 is 2.09 bits per heavy atom. The van der Waals surface area contributed by atoms with Crippen LogP contribution in [-0.2, 0) is 11.3 Å². The molecule has 1 amide bonds. The van der Waals surface area contributed by atoms with E-state index < -0.39 is 0 Å². The highest BCUT2D eigenvalue weighted by Gasteiger charge is 2.14. The highest BCUT2D eigenvalue weighted by Crippen LogP contribution is 2.27. The summed E-state index contributed by atoms with van der Waals surface area (Å²) < 4.78 is 7.53. The number of hydrogen-bond acceptors (Lipinski definition) is 4. The Bertz CT molecular complexity index is 767. The fourth-order valence-electron chi connectivity index (χ4n) is 2.23. The Labute approximate surface area is 138 Å². The first-order valence-electron chi connectivity index (χ1n) is 7.24. The van der Waals surface area contributed by atoms with Gasteiger partial charge in [-0.05, 0) is 17.7 Å². The normalized spacial score (nSPS) is 10.7. The number of imidazole rings is 1. The number of benzene rings is 1. The van der Waals surface area contributed by atoms with Crippen molar-refractivity contribution in [2.45, 2.75) is 11.7 Å². The summed E-state index contributed by atoms with van der Waals surface area (Å²) in [5.41, 5.74) is 2.08. The zero-order valence-electron chi connectivity index (χ0n) is 12.7. The third kappa shape index (κ3) is 3.65. The summed E-state index contributed by atoms with van der Waals surface area (Å²) >= 11 is 1.42. The highest BCUT2D eigenvalue weighted by molar-refractivity contribution is 7.99. The SMILES string of the molecule is CNC(=O)CSc1ncc(-c2ccccc2)n1Cc1ccco1. The van der Waals surface area contributed by atoms with E-state index in [2.05, 4.69) is 14.9 Å². The predicted molar refractivity (Wildman–Crippen MR) is 90.3 cm³/mol. The zero-order valence-corrected chi connectivity index (χ0v) is 13.5. The molecule has 6 heteroatoms. The van der Waals surface area contributed by atoms with E-state index in [4.69, 9.17) is 4.42 Å². The van der Waals surface area contributed by atoms with Gasteiger partial charge in [0.2, 0.25) is 5.91 Å². The van der Waals surface area contributed by atoms with E-state index >= 15 is 0 Å². The van der Waals surface area contributed by atoms with Crippen LogP contribution in [0.1, 0.15) is 5.76 Å². The van der Waals surface area contributed by atoms with Gasteiger partial charge in [-0.2, -0.15) is 0 Å². The minimum Gasteiger partial charge on any atom is -0.467 e. The number of aromatic nitrogens is 2. The average Bonchev–Trinajstić information content (AvgIpc) is 3.24. The van der Waals surface area contributed by atoms with Gasteiger partial charge in [0.05, 0.1) is 30.5 Å². The summed E-state index contributed by atoms with van der Waals surface area (Å²) in [4.78, 5) is 16.0. The summed E-state index contributed by atoms with van der Waals surface area (Å²) in [6.07, 6.45) is 3.50. The van der Waals surface area contributed by atoms with E-state index in [1.807, 2.05) is 48.7 Å². The topological polar surface area (TPSA) is 60.1 Å². The molecule has 0 saturated heterocycles. The molecule has 0 aliphatic rings. The lowest BCUT2D eigenvalue weighted by molar-refractivity contribution is -0.118. The van der Waals surface area contributed by atoms with Crippen LogP contribution < -0.4 is 5.32 Å². The Kier molecular flexibility index (Phi) is 4.83. The number of thioether (sulfide) groups is 1. The Morgan fingerprint density at radius 1 is 1.26 bits per heavy atom. The van der Waals surface area contributed by atoms with Crippen molar-refractivity contribution < 1.29 is 9.21 Å². The van der Waals surface area contributed by atoms with Crippen LogP contribution >= 0.6 is 11.8 Å². The second-order valence-corrected chi connectivity index (χ2v) is 5.86. The number of hydrogen-bond donors (Lipinski definition) is 1. The quantitative estimate of drug-likeness (QED) is 0.707. The Morgan fingerprint density at radius 3 is 2.78 bits per heavy atom. The maximum atomic E-state index is 11.5. The standard InChI is InChI=1S/C17H17N3O2S/c1-18-16(21)12-23-17-19-10-15(13-6-3-2-4-7-13)20(17)11-14-8-5-9-22-14/h2-10H,11-12H2,1H3,(H,18,21). The lowest BCUT2D eigenvalue weighted by atomic mass is 10.2. The molecule has 5 nitrogen and oxygen atoms in total. The number of nitrogens with zero attached hydrogens (tertiary/aromatic N) is 2. The zero-order chi connectivity index (χ0) is 16.1. The van der Waals surface area contributed by atoms with E-state index in [-0.39, 0.29) is 5.91 Å². The van der Waals surface area contributed by atoms with Gasteiger partial charge >= 0.3 is 0 Å². The molecule has 0 bridgehead atoms. The van der Waals surface area contributed by atoms with Gasteiger partial charge in [0.1, 0.15) is 5.76 Å². The molecular formula is C17H17N3O2S. The van der Waals surface area contributed by atoms with Crippen LogP contribution in [0.25, 0.3) is 11.3 Å². The van der Waals surface area contributed by atoms with Gasteiger partial charge in [0, 0.05) is 7.05 Å². The average molecular weight is 327 g/mol. The lowest BCUT2D eigenvalue weighted by Gasteiger charge is -2.10. The van der Waals surface area contributed by atoms with E-state index in [0.29, 0.717) is 12.3 Å². The van der Waals surface area contributed by atoms with Gasteiger partial charge in [-0.25, -0.2) is 4.98 Å². The highest BCUT2D eigenvalue weighted by atomic mass is 32.2. The van der Waals surface area contributed by atoms with Crippen LogP contribution in [-0.4, -0.2) is 28.3 Å². The molecule has 0 unspecified atom stereocenters. The number of rotatable bonds is 6. The van der Waals surface area contributed by atoms with Crippen LogP contribution in [0, 0.1) is 0 Å². The van der Waals surface area contributed by atoms with Gasteiger partial charge in [-0.3, -0.25) is 4.79 Å². The van der Waals surface area contributed by atoms with Crippen LogP contribution in [0.5, 0.6) is 0 Å². The molecule has 0 aliphatic carbocycles. The number of carbonyl (C=O) groups is 1. The van der Waals surface area contributed by atoms with Crippen LogP contribution in [0.3, 0.4) is 0 Å². The lowest BCUT2D eigenvalue weighted by Crippen LogP contribution is -2.20. The summed E-state index contributed by atoms with van der Waals surface area (Å²) in [5, 5.41) is 3.42. The van der Waals surface area contributed by atoms with E-state index in [9.17, 15) is 4.79 Å². The molecule has 0 saturated carbocycles. The molecule has 0 radical (unpaired) electrons. The maximum Gasteiger partial charge on any atom is 0.230 e. The second-order valence-electron chi connectivity index (χ2n) is 4.92. The molecule has 3 aromatic rings. The molecular weight excluding hydrogens is 310 g/mol. The maximum absolute atomic E-state index is 11.5. The van der Waals surface area contributed by atoms with Crippen molar-refractivity contribution in [3.8, 4) is 11.3 Å². The van der Waals surface area contributed by atoms with Crippen LogP contribution in [0.4, 0.5) is 0 Å². The second kappa shape index (κ2) is 7.19. The molecule has 2 aromatic heterocycles. The first kappa shape index (κ1) is 15.4. The molecule has 3 rings (SSSR count). The van der Waals surface area contributed by atoms with Crippen molar-refractivity contribution in [2.24, 2.45) is 0 Å². The molecule has 118 valence electrons. The van der Waals surface area contributed by atoms with Gasteiger partial charge in [0.25, 0.3) is 0 Å². The number of carbonyl (C=O) groups excluding carboxylic acids is 1. The predicted octanol–water partition coefficient (Wildman–Crippen LogP) is 3.03. The molecule has 0 aliphatic heterocycles. The van der Waals surface area contributed by atoms with Crippen molar-refractivity contribution in [1.29, 1.82) is 0 Å². The van der Waals surface area contributed by atoms with Gasteiger partial charge in [0.15, 0.2) is 5.16 Å². The molecule has 1 aromatic carbocycles. The molecule has 0 atom stereocenters. The molecule has 1 N–H and O–H groups in total. The first-order chi connectivity index (χ1) is 11.3. The monoisotopic (exact) mass is 327 g/mol.